The fourth-order valence-corrected chi connectivity index (χ4v) is 5.35. The molecule has 0 aliphatic carbocycles. The maximum atomic E-state index is 14.5. The lowest BCUT2D eigenvalue weighted by Gasteiger charge is -2.37. The summed E-state index contributed by atoms with van der Waals surface area (Å²) in [5, 5.41) is 12.4. The fourth-order valence-electron chi connectivity index (χ4n) is 5.35. The molecule has 1 N–H and O–H groups in total. The molecule has 39 heavy (non-hydrogen) atoms. The van der Waals surface area contributed by atoms with Crippen LogP contribution in [-0.2, 0) is 27.0 Å². The molecule has 0 radical (unpaired) electrons. The van der Waals surface area contributed by atoms with Gasteiger partial charge in [0.1, 0.15) is 11.2 Å². The Hall–Kier alpha value is -3.09. The van der Waals surface area contributed by atoms with Crippen molar-refractivity contribution in [1.29, 1.82) is 0 Å². The molecule has 5 heterocycles. The van der Waals surface area contributed by atoms with Crippen molar-refractivity contribution in [2.24, 2.45) is 5.16 Å². The summed E-state index contributed by atoms with van der Waals surface area (Å²) in [6.45, 7) is 9.37. The largest absolute Gasteiger partial charge is 0.444 e. The Bertz CT molecular complexity index is 1260. The highest BCUT2D eigenvalue weighted by Crippen LogP contribution is 2.43. The van der Waals surface area contributed by atoms with E-state index in [1.165, 1.54) is 4.68 Å². The quantitative estimate of drug-likeness (QED) is 0.572. The molecule has 2 saturated heterocycles. The molecule has 1 spiro atoms. The Morgan fingerprint density at radius 2 is 1.90 bits per heavy atom. The zero-order valence-electron chi connectivity index (χ0n) is 22.7. The number of nitrogens with zero attached hydrogens (tertiary/aromatic N) is 5. The number of ether oxygens (including phenoxy) is 2. The number of aromatic nitrogens is 3. The number of alkyl halides is 3. The highest BCUT2D eigenvalue weighted by Gasteiger charge is 2.47. The number of carbonyl (C=O) groups excluding carboxylic acids is 1. The fraction of sp³-hybridized carbons (Fsp3) is 0.692. The second-order valence-corrected chi connectivity index (χ2v) is 11.4. The van der Waals surface area contributed by atoms with Gasteiger partial charge in [-0.1, -0.05) is 5.16 Å². The zero-order chi connectivity index (χ0) is 28.0. The maximum Gasteiger partial charge on any atom is 0.434 e. The van der Waals surface area contributed by atoms with E-state index in [1.807, 2.05) is 6.92 Å². The number of likely N-dealkylation sites (tertiary alicyclic amines) is 1. The summed E-state index contributed by atoms with van der Waals surface area (Å²) in [4.78, 5) is 24.1. The molecular formula is C26H35F3N6O4. The number of nitrogens with one attached hydrogen (secondary N) is 1. The normalized spacial score (nSPS) is 20.3. The molecule has 0 aromatic carbocycles. The molecule has 0 unspecified atom stereocenters. The van der Waals surface area contributed by atoms with Crippen molar-refractivity contribution in [2.45, 2.75) is 89.8 Å². The first-order chi connectivity index (χ1) is 18.4. The molecule has 5 rings (SSSR count). The molecule has 1 amide bonds. The summed E-state index contributed by atoms with van der Waals surface area (Å²) in [6, 6.07) is -0.0666. The van der Waals surface area contributed by atoms with Crippen molar-refractivity contribution in [3.8, 4) is 0 Å². The predicted octanol–water partition coefficient (Wildman–Crippen LogP) is 4.96. The summed E-state index contributed by atoms with van der Waals surface area (Å²) in [5.41, 5.74) is -1.83. The molecule has 2 aromatic heterocycles. The lowest BCUT2D eigenvalue weighted by atomic mass is 9.84. The lowest BCUT2D eigenvalue weighted by Crippen LogP contribution is -2.48. The number of aryl methyl sites for hydroxylation is 1. The van der Waals surface area contributed by atoms with Gasteiger partial charge in [-0.3, -0.25) is 0 Å². The summed E-state index contributed by atoms with van der Waals surface area (Å²) in [7, 11) is 0. The van der Waals surface area contributed by atoms with Crippen LogP contribution >= 0.6 is 0 Å². The molecule has 10 nitrogen and oxygen atoms in total. The first-order valence-electron chi connectivity index (χ1n) is 13.4. The second-order valence-electron chi connectivity index (χ2n) is 11.4. The van der Waals surface area contributed by atoms with Crippen LogP contribution in [0.3, 0.4) is 0 Å². The SMILES string of the molecule is CCn1ncc2c(NC3CCOCC3)c(C3=NOC4(CCN(C(=O)OC(C)(C)C)CC4)C3)c(C(F)(F)F)nc21. The minimum absolute atomic E-state index is 0.0666. The Balaban J connectivity index is 1.47. The standard InChI is InChI=1S/C26H35F3N6O4/c1-5-35-22-17(15-30-35)20(31-16-6-12-37-13-7-16)19(21(32-22)26(27,28)29)18-14-25(39-33-18)8-10-34(11-9-25)23(36)38-24(2,3)4/h15-16H,5-14H2,1-4H3,(H,31,32). The molecule has 0 saturated carbocycles. The number of halogens is 3. The number of pyridine rings is 1. The number of hydrogen-bond donors (Lipinski definition) is 1. The first kappa shape index (κ1) is 27.5. The smallest absolute Gasteiger partial charge is 0.434 e. The Kier molecular flexibility index (Phi) is 7.15. The van der Waals surface area contributed by atoms with Crippen LogP contribution < -0.4 is 5.32 Å². The number of piperidine rings is 1. The van der Waals surface area contributed by atoms with Gasteiger partial charge in [0, 0.05) is 58.2 Å². The monoisotopic (exact) mass is 552 g/mol. The number of amides is 1. The summed E-state index contributed by atoms with van der Waals surface area (Å²) >= 11 is 0. The molecule has 0 bridgehead atoms. The van der Waals surface area contributed by atoms with Crippen molar-refractivity contribution in [3.63, 3.8) is 0 Å². The van der Waals surface area contributed by atoms with Gasteiger partial charge in [-0.05, 0) is 40.5 Å². The van der Waals surface area contributed by atoms with Crippen LogP contribution in [0.2, 0.25) is 0 Å². The van der Waals surface area contributed by atoms with Crippen molar-refractivity contribution in [1.82, 2.24) is 19.7 Å². The van der Waals surface area contributed by atoms with E-state index < -0.39 is 29.2 Å². The van der Waals surface area contributed by atoms with Crippen LogP contribution in [0.15, 0.2) is 11.4 Å². The molecule has 3 aliphatic rings. The maximum absolute atomic E-state index is 14.5. The van der Waals surface area contributed by atoms with Crippen LogP contribution in [0.4, 0.5) is 23.7 Å². The summed E-state index contributed by atoms with van der Waals surface area (Å²) in [5.74, 6) is 0. The van der Waals surface area contributed by atoms with Crippen molar-refractivity contribution < 1.29 is 32.3 Å². The van der Waals surface area contributed by atoms with E-state index in [4.69, 9.17) is 14.3 Å². The Morgan fingerprint density at radius 3 is 2.51 bits per heavy atom. The molecule has 13 heteroatoms. The molecular weight excluding hydrogens is 517 g/mol. The lowest BCUT2D eigenvalue weighted by molar-refractivity contribution is -0.141. The minimum Gasteiger partial charge on any atom is -0.444 e. The first-order valence-corrected chi connectivity index (χ1v) is 13.4. The third kappa shape index (κ3) is 5.64. The molecule has 0 atom stereocenters. The van der Waals surface area contributed by atoms with Crippen LogP contribution in [0.5, 0.6) is 0 Å². The number of hydrogen-bond acceptors (Lipinski definition) is 8. The number of fused-ring (bicyclic) bond motifs is 1. The van der Waals surface area contributed by atoms with Gasteiger partial charge >= 0.3 is 12.3 Å². The van der Waals surface area contributed by atoms with E-state index in [1.54, 1.807) is 31.9 Å². The summed E-state index contributed by atoms with van der Waals surface area (Å²) < 4.78 is 56.0. The van der Waals surface area contributed by atoms with E-state index >= 15 is 0 Å². The highest BCUT2D eigenvalue weighted by molar-refractivity contribution is 6.12. The van der Waals surface area contributed by atoms with Crippen molar-refractivity contribution >= 4 is 28.5 Å². The number of oxime groups is 1. The number of rotatable bonds is 4. The van der Waals surface area contributed by atoms with Crippen LogP contribution in [0.1, 0.15) is 71.1 Å². The van der Waals surface area contributed by atoms with E-state index in [0.717, 1.165) is 0 Å². The van der Waals surface area contributed by atoms with Crippen molar-refractivity contribution in [3.05, 3.63) is 17.5 Å². The third-order valence-corrected chi connectivity index (χ3v) is 7.38. The minimum atomic E-state index is -4.73. The summed E-state index contributed by atoms with van der Waals surface area (Å²) in [6.07, 6.45) is -1.23. The average molecular weight is 553 g/mol. The van der Waals surface area contributed by atoms with E-state index in [-0.39, 0.29) is 29.4 Å². The predicted molar refractivity (Wildman–Crippen MR) is 138 cm³/mol. The van der Waals surface area contributed by atoms with Gasteiger partial charge in [0.2, 0.25) is 0 Å². The van der Waals surface area contributed by atoms with E-state index in [2.05, 4.69) is 20.6 Å². The number of anilines is 1. The molecule has 3 aliphatic heterocycles. The third-order valence-electron chi connectivity index (χ3n) is 7.38. The zero-order valence-corrected chi connectivity index (χ0v) is 22.7. The molecule has 214 valence electrons. The van der Waals surface area contributed by atoms with E-state index in [0.29, 0.717) is 69.6 Å². The second kappa shape index (κ2) is 10.1. The van der Waals surface area contributed by atoms with Crippen molar-refractivity contribution in [2.75, 3.05) is 31.6 Å². The van der Waals surface area contributed by atoms with Gasteiger partial charge in [-0.15, -0.1) is 0 Å². The van der Waals surface area contributed by atoms with Gasteiger partial charge in [-0.2, -0.15) is 18.3 Å². The van der Waals surface area contributed by atoms with Crippen LogP contribution in [-0.4, -0.2) is 75.0 Å². The van der Waals surface area contributed by atoms with Gasteiger partial charge in [-0.25, -0.2) is 14.5 Å². The Morgan fingerprint density at radius 1 is 1.21 bits per heavy atom. The molecule has 2 fully saturated rings. The van der Waals surface area contributed by atoms with Gasteiger partial charge in [0.15, 0.2) is 11.3 Å². The highest BCUT2D eigenvalue weighted by atomic mass is 19.4. The average Bonchev–Trinajstić information content (AvgIpc) is 3.47. The van der Waals surface area contributed by atoms with Gasteiger partial charge in [0.25, 0.3) is 0 Å². The topological polar surface area (TPSA) is 103 Å². The van der Waals surface area contributed by atoms with Gasteiger partial charge in [0.05, 0.1) is 28.5 Å². The van der Waals surface area contributed by atoms with Gasteiger partial charge < -0.3 is 24.5 Å². The Labute approximate surface area is 224 Å². The number of carbonyl (C=O) groups is 1. The van der Waals surface area contributed by atoms with Crippen LogP contribution in [0.25, 0.3) is 11.0 Å². The molecule has 2 aromatic rings. The van der Waals surface area contributed by atoms with Crippen LogP contribution in [0, 0.1) is 0 Å². The van der Waals surface area contributed by atoms with E-state index in [9.17, 15) is 18.0 Å².